The van der Waals surface area contributed by atoms with E-state index in [1.165, 1.54) is 0 Å². The number of anilines is 2. The summed E-state index contributed by atoms with van der Waals surface area (Å²) < 4.78 is 0. The van der Waals surface area contributed by atoms with E-state index in [-0.39, 0.29) is 10.7 Å². The van der Waals surface area contributed by atoms with Gasteiger partial charge in [-0.1, -0.05) is 18.3 Å². The first-order valence-electron chi connectivity index (χ1n) is 5.94. The molecule has 19 heavy (non-hydrogen) atoms. The zero-order chi connectivity index (χ0) is 13.8. The lowest BCUT2D eigenvalue weighted by Crippen LogP contribution is -2.17. The van der Waals surface area contributed by atoms with Gasteiger partial charge in [0, 0.05) is 18.3 Å². The molecule has 1 heterocycles. The number of aromatic nitrogens is 1. The summed E-state index contributed by atoms with van der Waals surface area (Å²) in [6.45, 7) is 2.79. The highest BCUT2D eigenvalue weighted by Crippen LogP contribution is 2.27. The topological polar surface area (TPSA) is 62.4 Å². The van der Waals surface area contributed by atoms with Crippen molar-refractivity contribution in [3.63, 3.8) is 0 Å². The minimum absolute atomic E-state index is 0.240. The van der Waals surface area contributed by atoms with E-state index < -0.39 is 0 Å². The van der Waals surface area contributed by atoms with Crippen LogP contribution in [0, 0.1) is 0 Å². The number of aromatic hydroxyl groups is 1. The van der Waals surface area contributed by atoms with Gasteiger partial charge >= 0.3 is 0 Å². The van der Waals surface area contributed by atoms with Gasteiger partial charge in [0.15, 0.2) is 0 Å². The first kappa shape index (κ1) is 13.3. The molecule has 0 bridgehead atoms. The van der Waals surface area contributed by atoms with E-state index in [1.807, 2.05) is 30.0 Å². The molecule has 3 N–H and O–H groups in total. The smallest absolute Gasteiger partial charge is 0.122 e. The predicted octanol–water partition coefficient (Wildman–Crippen LogP) is 2.58. The van der Waals surface area contributed by atoms with Crippen molar-refractivity contribution in [3.8, 4) is 5.75 Å². The molecule has 0 aliphatic heterocycles. The Bertz CT molecular complexity index is 583. The molecule has 5 heteroatoms. The molecule has 1 aromatic carbocycles. The van der Waals surface area contributed by atoms with Gasteiger partial charge in [0.2, 0.25) is 0 Å². The summed E-state index contributed by atoms with van der Waals surface area (Å²) in [7, 11) is 0. The number of rotatable bonds is 4. The molecule has 0 fully saturated rings. The van der Waals surface area contributed by atoms with Crippen molar-refractivity contribution in [2.45, 2.75) is 6.92 Å². The normalized spacial score (nSPS) is 10.2. The number of phenolic OH excluding ortho intramolecular Hbond substituents is 1. The molecule has 1 aromatic heterocycles. The number of pyridine rings is 1. The van der Waals surface area contributed by atoms with Crippen molar-refractivity contribution in [1.82, 2.24) is 4.98 Å². The lowest BCUT2D eigenvalue weighted by molar-refractivity contribution is 0.475. The maximum absolute atomic E-state index is 9.55. The molecule has 2 rings (SSSR count). The molecule has 0 saturated heterocycles. The van der Waals surface area contributed by atoms with Crippen molar-refractivity contribution in [3.05, 3.63) is 48.3 Å². The van der Waals surface area contributed by atoms with Crippen LogP contribution in [0.4, 0.5) is 11.4 Å². The van der Waals surface area contributed by atoms with Gasteiger partial charge < -0.3 is 15.7 Å². The fraction of sp³-hybridized carbons (Fsp3) is 0.143. The van der Waals surface area contributed by atoms with Crippen molar-refractivity contribution in [2.24, 2.45) is 5.73 Å². The number of hydrogen-bond acceptors (Lipinski definition) is 4. The van der Waals surface area contributed by atoms with E-state index >= 15 is 0 Å². The highest BCUT2D eigenvalue weighted by atomic mass is 32.1. The lowest BCUT2D eigenvalue weighted by atomic mass is 10.2. The molecule has 0 saturated carbocycles. The van der Waals surface area contributed by atoms with Crippen LogP contribution in [0.2, 0.25) is 0 Å². The fourth-order valence-electron chi connectivity index (χ4n) is 1.87. The maximum atomic E-state index is 9.55. The number of hydrogen-bond donors (Lipinski definition) is 2. The number of nitrogens with zero attached hydrogens (tertiary/aromatic N) is 2. The van der Waals surface area contributed by atoms with Crippen LogP contribution in [0.5, 0.6) is 5.75 Å². The van der Waals surface area contributed by atoms with Crippen LogP contribution in [0.1, 0.15) is 12.6 Å². The third kappa shape index (κ3) is 3.00. The van der Waals surface area contributed by atoms with Crippen LogP contribution in [0.3, 0.4) is 0 Å². The van der Waals surface area contributed by atoms with Crippen LogP contribution < -0.4 is 10.6 Å². The van der Waals surface area contributed by atoms with Crippen LogP contribution in [0.15, 0.2) is 42.6 Å². The van der Waals surface area contributed by atoms with Gasteiger partial charge in [0.25, 0.3) is 0 Å². The first-order valence-corrected chi connectivity index (χ1v) is 6.35. The minimum atomic E-state index is 0.240. The molecule has 0 radical (unpaired) electrons. The Morgan fingerprint density at radius 1 is 1.32 bits per heavy atom. The van der Waals surface area contributed by atoms with Crippen molar-refractivity contribution < 1.29 is 5.11 Å². The highest BCUT2D eigenvalue weighted by Gasteiger charge is 2.08. The summed E-state index contributed by atoms with van der Waals surface area (Å²) in [5.41, 5.74) is 7.96. The Hall–Kier alpha value is -2.14. The number of thiocarbonyl (C=S) groups is 1. The number of nitrogens with two attached hydrogens (primary N) is 1. The molecular formula is C14H15N3OS. The summed E-state index contributed by atoms with van der Waals surface area (Å²) in [5, 5.41) is 9.55. The maximum Gasteiger partial charge on any atom is 0.122 e. The standard InChI is InChI=1S/C14H15N3OS/c1-2-17(10-4-3-5-12(18)8-10)11-6-7-13(14(15)19)16-9-11/h3-9,18H,2H2,1H3,(H2,15,19). The average molecular weight is 273 g/mol. The Morgan fingerprint density at radius 2 is 2.11 bits per heavy atom. The van der Waals surface area contributed by atoms with Crippen molar-refractivity contribution >= 4 is 28.6 Å². The summed E-state index contributed by atoms with van der Waals surface area (Å²) in [6, 6.07) is 10.8. The zero-order valence-corrected chi connectivity index (χ0v) is 11.4. The quantitative estimate of drug-likeness (QED) is 0.838. The van der Waals surface area contributed by atoms with Crippen LogP contribution in [-0.4, -0.2) is 21.6 Å². The van der Waals surface area contributed by atoms with E-state index in [0.717, 1.165) is 17.9 Å². The predicted molar refractivity (Wildman–Crippen MR) is 80.9 cm³/mol. The SMILES string of the molecule is CCN(c1ccc(C(N)=S)nc1)c1cccc(O)c1. The molecule has 0 aliphatic carbocycles. The Balaban J connectivity index is 2.34. The van der Waals surface area contributed by atoms with E-state index in [9.17, 15) is 5.11 Å². The van der Waals surface area contributed by atoms with Gasteiger partial charge in [-0.25, -0.2) is 0 Å². The second-order valence-corrected chi connectivity index (χ2v) is 4.47. The summed E-state index contributed by atoms with van der Waals surface area (Å²) in [6.07, 6.45) is 1.72. The summed E-state index contributed by atoms with van der Waals surface area (Å²) in [4.78, 5) is 6.55. The second kappa shape index (κ2) is 5.67. The molecule has 0 aliphatic rings. The van der Waals surface area contributed by atoms with Crippen LogP contribution in [0.25, 0.3) is 0 Å². The highest BCUT2D eigenvalue weighted by molar-refractivity contribution is 7.80. The van der Waals surface area contributed by atoms with Crippen molar-refractivity contribution in [1.29, 1.82) is 0 Å². The van der Waals surface area contributed by atoms with Crippen molar-refractivity contribution in [2.75, 3.05) is 11.4 Å². The molecule has 0 amide bonds. The van der Waals surface area contributed by atoms with E-state index in [2.05, 4.69) is 4.98 Å². The molecular weight excluding hydrogens is 258 g/mol. The Kier molecular flexibility index (Phi) is 3.97. The summed E-state index contributed by atoms with van der Waals surface area (Å²) >= 11 is 4.88. The molecule has 4 nitrogen and oxygen atoms in total. The van der Waals surface area contributed by atoms with Gasteiger partial charge in [-0.15, -0.1) is 0 Å². The van der Waals surface area contributed by atoms with E-state index in [4.69, 9.17) is 18.0 Å². The van der Waals surface area contributed by atoms with E-state index in [1.54, 1.807) is 24.4 Å². The van der Waals surface area contributed by atoms with Crippen LogP contribution >= 0.6 is 12.2 Å². The fourth-order valence-corrected chi connectivity index (χ4v) is 1.99. The van der Waals surface area contributed by atoms with Gasteiger partial charge in [0.1, 0.15) is 10.7 Å². The molecule has 0 atom stereocenters. The summed E-state index contributed by atoms with van der Waals surface area (Å²) in [5.74, 6) is 0.240. The molecule has 0 spiro atoms. The zero-order valence-electron chi connectivity index (χ0n) is 10.6. The van der Waals surface area contributed by atoms with E-state index in [0.29, 0.717) is 5.69 Å². The van der Waals surface area contributed by atoms with Gasteiger partial charge in [-0.05, 0) is 31.2 Å². The lowest BCUT2D eigenvalue weighted by Gasteiger charge is -2.23. The molecule has 98 valence electrons. The number of phenols is 1. The van der Waals surface area contributed by atoms with Gasteiger partial charge in [0.05, 0.1) is 17.6 Å². The van der Waals surface area contributed by atoms with Crippen LogP contribution in [-0.2, 0) is 0 Å². The third-order valence-corrected chi connectivity index (χ3v) is 2.98. The average Bonchev–Trinajstić information content (AvgIpc) is 2.40. The third-order valence-electron chi connectivity index (χ3n) is 2.77. The second-order valence-electron chi connectivity index (χ2n) is 4.03. The Labute approximate surface area is 117 Å². The van der Waals surface area contributed by atoms with Gasteiger partial charge in [-0.2, -0.15) is 0 Å². The largest absolute Gasteiger partial charge is 0.508 e. The molecule has 0 unspecified atom stereocenters. The first-order chi connectivity index (χ1) is 9.11. The van der Waals surface area contributed by atoms with Gasteiger partial charge in [-0.3, -0.25) is 4.98 Å². The monoisotopic (exact) mass is 273 g/mol. The molecule has 2 aromatic rings. The number of benzene rings is 1. The Morgan fingerprint density at radius 3 is 2.63 bits per heavy atom. The minimum Gasteiger partial charge on any atom is -0.508 e.